The molecule has 0 atom stereocenters. The van der Waals surface area contributed by atoms with E-state index in [1.807, 2.05) is 0 Å². The summed E-state index contributed by atoms with van der Waals surface area (Å²) in [4.78, 5) is 27.0. The maximum Gasteiger partial charge on any atom is 0.339 e. The third-order valence-corrected chi connectivity index (χ3v) is 2.78. The maximum absolute atomic E-state index is 12.1. The standard InChI is InChI=1S/C14H12N2O4/c15-11-6-9(5-10(13(11)18)14(19)20)12(17)4-8-2-1-3-16-7-8/h1-3,5-7,18H,4,15H2,(H,19,20). The van der Waals surface area contributed by atoms with Gasteiger partial charge in [0, 0.05) is 24.4 Å². The number of Topliss-reactive ketones (excluding diaryl/α,β-unsaturated/α-hetero) is 1. The van der Waals surface area contributed by atoms with E-state index in [0.717, 1.165) is 6.07 Å². The molecule has 0 amide bonds. The SMILES string of the molecule is Nc1cc(C(=O)Cc2cccnc2)cc(C(=O)O)c1O. The highest BCUT2D eigenvalue weighted by atomic mass is 16.4. The Hall–Kier alpha value is -2.89. The predicted molar refractivity (Wildman–Crippen MR) is 71.8 cm³/mol. The van der Waals surface area contributed by atoms with Crippen molar-refractivity contribution in [3.05, 3.63) is 53.3 Å². The topological polar surface area (TPSA) is 114 Å². The van der Waals surface area contributed by atoms with Gasteiger partial charge in [-0.2, -0.15) is 0 Å². The molecule has 0 aliphatic heterocycles. The Morgan fingerprint density at radius 3 is 2.65 bits per heavy atom. The number of carboxylic acids is 1. The normalized spacial score (nSPS) is 10.2. The second kappa shape index (κ2) is 5.40. The quantitative estimate of drug-likeness (QED) is 0.441. The Bertz CT molecular complexity index is 668. The first kappa shape index (κ1) is 13.5. The van der Waals surface area contributed by atoms with Crippen LogP contribution < -0.4 is 5.73 Å². The highest BCUT2D eigenvalue weighted by Crippen LogP contribution is 2.27. The van der Waals surface area contributed by atoms with Crippen molar-refractivity contribution < 1.29 is 19.8 Å². The van der Waals surface area contributed by atoms with Crippen LogP contribution in [0.2, 0.25) is 0 Å². The molecule has 2 rings (SSSR count). The lowest BCUT2D eigenvalue weighted by Gasteiger charge is -2.07. The lowest BCUT2D eigenvalue weighted by atomic mass is 10.0. The fourth-order valence-corrected chi connectivity index (χ4v) is 1.77. The van der Waals surface area contributed by atoms with Crippen LogP contribution >= 0.6 is 0 Å². The number of carbonyl (C=O) groups is 2. The van der Waals surface area contributed by atoms with Crippen molar-refractivity contribution in [3.8, 4) is 5.75 Å². The van der Waals surface area contributed by atoms with Gasteiger partial charge in [0.1, 0.15) is 5.56 Å². The van der Waals surface area contributed by atoms with Crippen LogP contribution in [0.5, 0.6) is 5.75 Å². The molecule has 0 spiro atoms. The van der Waals surface area contributed by atoms with Gasteiger partial charge in [-0.15, -0.1) is 0 Å². The van der Waals surface area contributed by atoms with Crippen LogP contribution in [0.1, 0.15) is 26.3 Å². The second-order valence-electron chi connectivity index (χ2n) is 4.23. The van der Waals surface area contributed by atoms with Crippen LogP contribution in [-0.2, 0) is 6.42 Å². The van der Waals surface area contributed by atoms with Crippen molar-refractivity contribution in [3.63, 3.8) is 0 Å². The number of hydrogen-bond donors (Lipinski definition) is 3. The number of nitrogens with zero attached hydrogens (tertiary/aromatic N) is 1. The van der Waals surface area contributed by atoms with Gasteiger partial charge in [-0.1, -0.05) is 6.07 Å². The number of aromatic hydroxyl groups is 1. The Morgan fingerprint density at radius 2 is 2.05 bits per heavy atom. The van der Waals surface area contributed by atoms with Crippen molar-refractivity contribution in [1.29, 1.82) is 0 Å². The molecular weight excluding hydrogens is 260 g/mol. The van der Waals surface area contributed by atoms with Gasteiger partial charge in [-0.05, 0) is 23.8 Å². The molecule has 0 aliphatic carbocycles. The van der Waals surface area contributed by atoms with E-state index >= 15 is 0 Å². The third-order valence-electron chi connectivity index (χ3n) is 2.78. The lowest BCUT2D eigenvalue weighted by Crippen LogP contribution is -2.08. The zero-order chi connectivity index (χ0) is 14.7. The molecule has 1 aromatic carbocycles. The minimum atomic E-state index is -1.34. The number of carbonyl (C=O) groups excluding carboxylic acids is 1. The highest BCUT2D eigenvalue weighted by Gasteiger charge is 2.17. The number of nitrogens with two attached hydrogens (primary N) is 1. The number of ketones is 1. The molecule has 0 unspecified atom stereocenters. The van der Waals surface area contributed by atoms with E-state index in [1.54, 1.807) is 24.5 Å². The van der Waals surface area contributed by atoms with Gasteiger partial charge in [0.25, 0.3) is 0 Å². The third kappa shape index (κ3) is 2.74. The van der Waals surface area contributed by atoms with Crippen LogP contribution in [0.3, 0.4) is 0 Å². The van der Waals surface area contributed by atoms with Crippen LogP contribution in [0.15, 0.2) is 36.7 Å². The second-order valence-corrected chi connectivity index (χ2v) is 4.23. The molecule has 0 aliphatic rings. The first-order chi connectivity index (χ1) is 9.49. The highest BCUT2D eigenvalue weighted by molar-refractivity contribution is 6.02. The molecule has 6 heteroatoms. The van der Waals surface area contributed by atoms with Crippen LogP contribution in [0.25, 0.3) is 0 Å². The summed E-state index contributed by atoms with van der Waals surface area (Å²) in [5.41, 5.74) is 5.83. The number of anilines is 1. The summed E-state index contributed by atoms with van der Waals surface area (Å²) in [6.45, 7) is 0. The molecule has 1 aromatic heterocycles. The van der Waals surface area contributed by atoms with Crippen LogP contribution in [0.4, 0.5) is 5.69 Å². The number of carboxylic acid groups (broad SMARTS) is 1. The molecule has 102 valence electrons. The van der Waals surface area contributed by atoms with Gasteiger partial charge in [0.2, 0.25) is 0 Å². The number of aromatic nitrogens is 1. The van der Waals surface area contributed by atoms with Gasteiger partial charge < -0.3 is 15.9 Å². The number of benzene rings is 1. The van der Waals surface area contributed by atoms with E-state index < -0.39 is 11.7 Å². The van der Waals surface area contributed by atoms with E-state index in [1.165, 1.54) is 6.07 Å². The Balaban J connectivity index is 2.33. The van der Waals surface area contributed by atoms with E-state index in [-0.39, 0.29) is 29.0 Å². The van der Waals surface area contributed by atoms with Crippen molar-refractivity contribution in [1.82, 2.24) is 4.98 Å². The minimum Gasteiger partial charge on any atom is -0.505 e. The van der Waals surface area contributed by atoms with Gasteiger partial charge in [0.15, 0.2) is 11.5 Å². The average Bonchev–Trinajstić information content (AvgIpc) is 2.42. The van der Waals surface area contributed by atoms with Crippen LogP contribution in [-0.4, -0.2) is 26.9 Å². The van der Waals surface area contributed by atoms with Crippen molar-refractivity contribution in [2.75, 3.05) is 5.73 Å². The average molecular weight is 272 g/mol. The number of aromatic carboxylic acids is 1. The molecule has 6 nitrogen and oxygen atoms in total. The number of rotatable bonds is 4. The zero-order valence-corrected chi connectivity index (χ0v) is 10.4. The molecular formula is C14H12N2O4. The van der Waals surface area contributed by atoms with Crippen molar-refractivity contribution in [2.45, 2.75) is 6.42 Å². The smallest absolute Gasteiger partial charge is 0.339 e. The van der Waals surface area contributed by atoms with Gasteiger partial charge in [-0.3, -0.25) is 9.78 Å². The fourth-order valence-electron chi connectivity index (χ4n) is 1.77. The minimum absolute atomic E-state index is 0.0805. The van der Waals surface area contributed by atoms with E-state index in [4.69, 9.17) is 10.8 Å². The summed E-state index contributed by atoms with van der Waals surface area (Å²) in [5.74, 6) is -2.17. The summed E-state index contributed by atoms with van der Waals surface area (Å²) >= 11 is 0. The van der Waals surface area contributed by atoms with E-state index in [9.17, 15) is 14.7 Å². The lowest BCUT2D eigenvalue weighted by molar-refractivity contribution is 0.0694. The molecule has 0 radical (unpaired) electrons. The summed E-state index contributed by atoms with van der Waals surface area (Å²) < 4.78 is 0. The summed E-state index contributed by atoms with van der Waals surface area (Å²) in [7, 11) is 0. The summed E-state index contributed by atoms with van der Waals surface area (Å²) in [6.07, 6.45) is 3.23. The summed E-state index contributed by atoms with van der Waals surface area (Å²) in [6, 6.07) is 5.83. The monoisotopic (exact) mass is 272 g/mol. The molecule has 0 saturated carbocycles. The van der Waals surface area contributed by atoms with E-state index in [2.05, 4.69) is 4.98 Å². The zero-order valence-electron chi connectivity index (χ0n) is 10.4. The maximum atomic E-state index is 12.1. The molecule has 0 saturated heterocycles. The van der Waals surface area contributed by atoms with Crippen molar-refractivity contribution >= 4 is 17.4 Å². The molecule has 20 heavy (non-hydrogen) atoms. The van der Waals surface area contributed by atoms with Gasteiger partial charge in [-0.25, -0.2) is 4.79 Å². The predicted octanol–water partition coefficient (Wildman–Crippen LogP) is 1.49. The Labute approximate surface area is 114 Å². The summed E-state index contributed by atoms with van der Waals surface area (Å²) in [5, 5.41) is 18.5. The van der Waals surface area contributed by atoms with Gasteiger partial charge in [0.05, 0.1) is 5.69 Å². The number of nitrogen functional groups attached to an aromatic ring is 1. The number of phenols is 1. The molecule has 2 aromatic rings. The van der Waals surface area contributed by atoms with Crippen molar-refractivity contribution in [2.24, 2.45) is 0 Å². The molecule has 0 bridgehead atoms. The number of hydrogen-bond acceptors (Lipinski definition) is 5. The largest absolute Gasteiger partial charge is 0.505 e. The van der Waals surface area contributed by atoms with E-state index in [0.29, 0.717) is 5.56 Å². The number of pyridine rings is 1. The first-order valence-corrected chi connectivity index (χ1v) is 5.77. The van der Waals surface area contributed by atoms with Crippen LogP contribution in [0, 0.1) is 0 Å². The fraction of sp³-hybridized carbons (Fsp3) is 0.0714. The molecule has 1 heterocycles. The Morgan fingerprint density at radius 1 is 1.30 bits per heavy atom. The Kier molecular flexibility index (Phi) is 3.65. The first-order valence-electron chi connectivity index (χ1n) is 5.77. The molecule has 4 N–H and O–H groups in total. The van der Waals surface area contributed by atoms with Gasteiger partial charge >= 0.3 is 5.97 Å². The molecule has 0 fully saturated rings.